The van der Waals surface area contributed by atoms with Crippen molar-refractivity contribution in [3.8, 4) is 67.9 Å². The molecule has 10 nitrogen and oxygen atoms in total. The number of hydrogen-bond acceptors (Lipinski definition) is 8. The highest BCUT2D eigenvalue weighted by molar-refractivity contribution is 6.27. The summed E-state index contributed by atoms with van der Waals surface area (Å²) in [7, 11) is -3.17. The van der Waals surface area contributed by atoms with Crippen LogP contribution in [0.2, 0.25) is 0 Å². The van der Waals surface area contributed by atoms with Crippen LogP contribution >= 0.6 is 0 Å². The minimum absolute atomic E-state index is 0.379. The Morgan fingerprint density at radius 3 is 0.903 bits per heavy atom. The SMILES string of the molecule is CCCCOc1ccc(-c2cc(-c3ccc(OCCCC)cc3)oc(=[NH2+])c2)cc1.CCCCOc1ccc(-c2cc(-c3ccc(OCCCC)cc3)oc(=[NH2+])c2)cc1.[O-]B([O-])F. The number of benzene rings is 4. The van der Waals surface area contributed by atoms with E-state index in [1.165, 1.54) is 0 Å². The maximum Gasteiger partial charge on any atom is 0.365 e. The Hall–Kier alpha value is -6.11. The fourth-order valence-electron chi connectivity index (χ4n) is 5.92. The van der Waals surface area contributed by atoms with Crippen LogP contribution in [0.1, 0.15) is 79.1 Å². The average Bonchev–Trinajstić information content (AvgIpc) is 3.27. The molecular weight excluding hydrogens is 786 g/mol. The lowest BCUT2D eigenvalue weighted by Crippen LogP contribution is -2.44. The summed E-state index contributed by atoms with van der Waals surface area (Å²) in [5, 5.41) is 28.7. The first-order chi connectivity index (χ1) is 30.1. The standard InChI is InChI=1S/2C25H29NO3.BFO2/c2*1-3-5-15-27-22-11-7-19(8-12-22)21-17-24(29-25(26)18-21)20-9-13-23(14-10-20)28-16-6-4-2;2-1(3)4/h2*7-14,17-18,26H,3-6,15-16H2,1-2H3;/q;;-2/p+2. The molecular formula is C50H60BFN2O8. The number of rotatable bonds is 20. The molecule has 6 aromatic rings. The molecule has 0 saturated carbocycles. The fraction of sp³-hybridized carbons (Fsp3) is 0.320. The quantitative estimate of drug-likeness (QED) is 0.0619. The first-order valence-electron chi connectivity index (χ1n) is 21.5. The van der Waals surface area contributed by atoms with Crippen molar-refractivity contribution in [2.45, 2.75) is 79.1 Å². The highest BCUT2D eigenvalue weighted by atomic mass is 19.1. The molecule has 2 aromatic heterocycles. The van der Waals surface area contributed by atoms with Gasteiger partial charge in [0.25, 0.3) is 0 Å². The second-order valence-corrected chi connectivity index (χ2v) is 14.4. The molecule has 6 rings (SSSR count). The molecule has 0 aliphatic carbocycles. The Kier molecular flexibility index (Phi) is 21.1. The Labute approximate surface area is 365 Å². The highest BCUT2D eigenvalue weighted by Gasteiger charge is 2.10. The van der Waals surface area contributed by atoms with Gasteiger partial charge in [-0.15, -0.1) is 0 Å². The zero-order valence-electron chi connectivity index (χ0n) is 36.4. The summed E-state index contributed by atoms with van der Waals surface area (Å²) in [5.41, 5.74) is 6.82. The summed E-state index contributed by atoms with van der Waals surface area (Å²) in [4.78, 5) is 0. The molecule has 0 aliphatic rings. The Morgan fingerprint density at radius 1 is 0.419 bits per heavy atom. The van der Waals surface area contributed by atoms with Gasteiger partial charge in [0, 0.05) is 11.1 Å². The van der Waals surface area contributed by atoms with Gasteiger partial charge in [-0.25, -0.2) is 10.8 Å². The van der Waals surface area contributed by atoms with Crippen LogP contribution in [0.25, 0.3) is 44.9 Å². The molecule has 12 heteroatoms. The van der Waals surface area contributed by atoms with E-state index in [4.69, 9.17) is 48.6 Å². The first-order valence-corrected chi connectivity index (χ1v) is 21.5. The molecule has 0 aliphatic heterocycles. The molecule has 4 N–H and O–H groups in total. The topological polar surface area (TPSA) is 160 Å². The molecule has 0 saturated heterocycles. The van der Waals surface area contributed by atoms with Crippen molar-refractivity contribution in [3.63, 3.8) is 0 Å². The largest absolute Gasteiger partial charge is 0.867 e. The molecule has 328 valence electrons. The van der Waals surface area contributed by atoms with Crippen LogP contribution in [-0.2, 0) is 0 Å². The zero-order chi connectivity index (χ0) is 44.5. The van der Waals surface area contributed by atoms with E-state index in [2.05, 4.69) is 27.7 Å². The summed E-state index contributed by atoms with van der Waals surface area (Å²) >= 11 is 0. The molecule has 0 amide bonds. The molecule has 0 spiro atoms. The Balaban J connectivity index is 0.000000251. The number of ether oxygens (including phenoxy) is 4. The lowest BCUT2D eigenvalue weighted by atomic mass is 10.0. The lowest BCUT2D eigenvalue weighted by Gasteiger charge is -2.09. The van der Waals surface area contributed by atoms with E-state index in [0.717, 1.165) is 146 Å². The average molecular weight is 847 g/mol. The van der Waals surface area contributed by atoms with Gasteiger partial charge in [0.15, 0.2) is 0 Å². The normalized spacial score (nSPS) is 10.4. The third-order valence-electron chi connectivity index (χ3n) is 9.34. The van der Waals surface area contributed by atoms with Gasteiger partial charge < -0.3 is 42.1 Å². The summed E-state index contributed by atoms with van der Waals surface area (Å²) in [6, 6.07) is 39.7. The molecule has 4 aromatic carbocycles. The Bertz CT molecular complexity index is 1970. The highest BCUT2D eigenvalue weighted by Crippen LogP contribution is 2.29. The van der Waals surface area contributed by atoms with E-state index in [9.17, 15) is 4.32 Å². The van der Waals surface area contributed by atoms with E-state index in [1.54, 1.807) is 0 Å². The van der Waals surface area contributed by atoms with E-state index in [1.807, 2.05) is 121 Å². The lowest BCUT2D eigenvalue weighted by molar-refractivity contribution is -0.366. The van der Waals surface area contributed by atoms with E-state index in [-0.39, 0.29) is 0 Å². The van der Waals surface area contributed by atoms with E-state index < -0.39 is 7.40 Å². The van der Waals surface area contributed by atoms with Crippen molar-refractivity contribution < 1.29 is 53.0 Å². The van der Waals surface area contributed by atoms with Gasteiger partial charge in [0.1, 0.15) is 41.9 Å². The van der Waals surface area contributed by atoms with Crippen molar-refractivity contribution in [1.82, 2.24) is 0 Å². The zero-order valence-corrected chi connectivity index (χ0v) is 36.4. The second kappa shape index (κ2) is 27.0. The van der Waals surface area contributed by atoms with Crippen molar-refractivity contribution in [2.24, 2.45) is 0 Å². The molecule has 62 heavy (non-hydrogen) atoms. The van der Waals surface area contributed by atoms with Crippen LogP contribution in [0.15, 0.2) is 130 Å². The van der Waals surface area contributed by atoms with Crippen molar-refractivity contribution >= 4 is 7.40 Å². The molecule has 0 atom stereocenters. The van der Waals surface area contributed by atoms with Crippen molar-refractivity contribution in [2.75, 3.05) is 26.4 Å². The number of hydrogen-bond donors (Lipinski definition) is 2. The van der Waals surface area contributed by atoms with Crippen LogP contribution in [0, 0.1) is 0 Å². The molecule has 0 fully saturated rings. The summed E-state index contributed by atoms with van der Waals surface area (Å²) in [6.45, 7) is 11.6. The van der Waals surface area contributed by atoms with E-state index in [0.29, 0.717) is 11.1 Å². The maximum atomic E-state index is 9.89. The molecule has 0 bridgehead atoms. The van der Waals surface area contributed by atoms with Crippen LogP contribution in [0.3, 0.4) is 0 Å². The number of nitrogens with two attached hydrogens (primary N) is 2. The van der Waals surface area contributed by atoms with Gasteiger partial charge in [-0.3, -0.25) is 0 Å². The fourth-order valence-corrected chi connectivity index (χ4v) is 5.92. The minimum Gasteiger partial charge on any atom is -0.867 e. The summed E-state index contributed by atoms with van der Waals surface area (Å²) in [6.07, 6.45) is 8.72. The number of halogens is 1. The predicted octanol–water partition coefficient (Wildman–Crippen LogP) is 6.92. The van der Waals surface area contributed by atoms with Crippen molar-refractivity contribution in [3.05, 3.63) is 132 Å². The van der Waals surface area contributed by atoms with Crippen LogP contribution in [0.5, 0.6) is 23.0 Å². The molecule has 0 radical (unpaired) electrons. The minimum atomic E-state index is -3.17. The maximum absolute atomic E-state index is 9.89. The monoisotopic (exact) mass is 846 g/mol. The molecule has 0 unspecified atom stereocenters. The third kappa shape index (κ3) is 17.1. The van der Waals surface area contributed by atoms with Gasteiger partial charge in [-0.2, -0.15) is 0 Å². The van der Waals surface area contributed by atoms with Crippen molar-refractivity contribution in [1.29, 1.82) is 0 Å². The summed E-state index contributed by atoms with van der Waals surface area (Å²) < 4.78 is 44.4. The smallest absolute Gasteiger partial charge is 0.365 e. The van der Waals surface area contributed by atoms with Crippen LogP contribution in [0.4, 0.5) is 4.32 Å². The molecule has 2 heterocycles. The van der Waals surface area contributed by atoms with Gasteiger partial charge in [-0.05, 0) is 133 Å². The van der Waals surface area contributed by atoms with E-state index >= 15 is 0 Å². The number of unbranched alkanes of at least 4 members (excludes halogenated alkanes) is 4. The first kappa shape index (κ1) is 48.6. The van der Waals surface area contributed by atoms with Gasteiger partial charge >= 0.3 is 11.1 Å². The van der Waals surface area contributed by atoms with Crippen LogP contribution in [-0.4, -0.2) is 33.8 Å². The van der Waals surface area contributed by atoms with Crippen LogP contribution < -0.4 is 50.9 Å². The van der Waals surface area contributed by atoms with Gasteiger partial charge in [-0.1, -0.05) is 77.6 Å². The second-order valence-electron chi connectivity index (χ2n) is 14.4. The third-order valence-corrected chi connectivity index (χ3v) is 9.34. The van der Waals surface area contributed by atoms with Gasteiger partial charge in [0.05, 0.1) is 38.6 Å². The summed E-state index contributed by atoms with van der Waals surface area (Å²) in [5.74, 6) is 4.95. The van der Waals surface area contributed by atoms with Gasteiger partial charge in [0.2, 0.25) is 0 Å². The predicted molar refractivity (Wildman–Crippen MR) is 238 cm³/mol. The Morgan fingerprint density at radius 2 is 0.661 bits per heavy atom.